The molecule has 0 spiro atoms. The van der Waals surface area contributed by atoms with Crippen LogP contribution in [0.1, 0.15) is 31.1 Å². The van der Waals surface area contributed by atoms with Gasteiger partial charge in [0, 0.05) is 6.54 Å². The van der Waals surface area contributed by atoms with Crippen molar-refractivity contribution in [3.8, 4) is 16.9 Å². The second-order valence-electron chi connectivity index (χ2n) is 6.76. The largest absolute Gasteiger partial charge is 0.507 e. The first-order chi connectivity index (χ1) is 12.5. The monoisotopic (exact) mass is 351 g/mol. The Morgan fingerprint density at radius 1 is 1.12 bits per heavy atom. The Kier molecular flexibility index (Phi) is 5.43. The highest BCUT2D eigenvalue weighted by Gasteiger charge is 2.18. The molecule has 0 atom stereocenters. The molecule has 1 N–H and O–H groups in total. The summed E-state index contributed by atoms with van der Waals surface area (Å²) >= 11 is 0. The molecule has 0 aliphatic heterocycles. The molecule has 4 nitrogen and oxygen atoms in total. The number of hydrogen-bond donors (Lipinski definition) is 1. The minimum atomic E-state index is -0.0626. The summed E-state index contributed by atoms with van der Waals surface area (Å²) in [5.74, 6) is 0.729. The first kappa shape index (κ1) is 18.2. The van der Waals surface area contributed by atoms with E-state index in [4.69, 9.17) is 4.42 Å². The number of aromatic hydroxyl groups is 1. The molecule has 1 aromatic heterocycles. The zero-order valence-electron chi connectivity index (χ0n) is 15.6. The Hall–Kier alpha value is -2.59. The van der Waals surface area contributed by atoms with Crippen LogP contribution in [0.2, 0.25) is 0 Å². The van der Waals surface area contributed by atoms with Crippen molar-refractivity contribution < 1.29 is 9.52 Å². The number of aryl methyl sites for hydroxylation is 1. The normalized spacial score (nSPS) is 11.4. The smallest absolute Gasteiger partial charge is 0.200 e. The number of rotatable bonds is 6. The van der Waals surface area contributed by atoms with Gasteiger partial charge in [0.05, 0.1) is 16.5 Å². The zero-order valence-corrected chi connectivity index (χ0v) is 15.6. The number of nitrogens with zero attached hydrogens (tertiary/aromatic N) is 1. The van der Waals surface area contributed by atoms with Crippen LogP contribution < -0.4 is 5.43 Å². The van der Waals surface area contributed by atoms with Gasteiger partial charge in [0.25, 0.3) is 0 Å². The van der Waals surface area contributed by atoms with Gasteiger partial charge in [-0.15, -0.1) is 0 Å². The summed E-state index contributed by atoms with van der Waals surface area (Å²) in [5, 5.41) is 10.9. The average molecular weight is 351 g/mol. The summed E-state index contributed by atoms with van der Waals surface area (Å²) in [7, 11) is 2.01. The molecule has 0 saturated carbocycles. The summed E-state index contributed by atoms with van der Waals surface area (Å²) < 4.78 is 6.06. The van der Waals surface area contributed by atoms with Crippen LogP contribution in [0.15, 0.2) is 51.7 Å². The van der Waals surface area contributed by atoms with Gasteiger partial charge in [-0.2, -0.15) is 0 Å². The van der Waals surface area contributed by atoms with Gasteiger partial charge >= 0.3 is 0 Å². The molecule has 0 unspecified atom stereocenters. The third-order valence-electron chi connectivity index (χ3n) is 4.70. The lowest BCUT2D eigenvalue weighted by Gasteiger charge is -2.18. The third-order valence-corrected chi connectivity index (χ3v) is 4.70. The van der Waals surface area contributed by atoms with Crippen LogP contribution in [0.4, 0.5) is 0 Å². The van der Waals surface area contributed by atoms with Crippen LogP contribution in [-0.2, 0) is 6.54 Å². The van der Waals surface area contributed by atoms with Gasteiger partial charge in [-0.3, -0.25) is 4.79 Å². The maximum absolute atomic E-state index is 13.1. The quantitative estimate of drug-likeness (QED) is 0.699. The molecule has 0 saturated heterocycles. The molecular formula is C22H25NO3. The maximum atomic E-state index is 13.1. The fraction of sp³-hybridized carbons (Fsp3) is 0.318. The zero-order chi connectivity index (χ0) is 18.7. The maximum Gasteiger partial charge on any atom is 0.200 e. The van der Waals surface area contributed by atoms with E-state index in [-0.39, 0.29) is 11.2 Å². The highest BCUT2D eigenvalue weighted by molar-refractivity contribution is 5.86. The van der Waals surface area contributed by atoms with Crippen LogP contribution in [-0.4, -0.2) is 23.6 Å². The summed E-state index contributed by atoms with van der Waals surface area (Å²) in [6, 6.07) is 12.8. The molecule has 0 amide bonds. The minimum Gasteiger partial charge on any atom is -0.507 e. The van der Waals surface area contributed by atoms with Gasteiger partial charge in [-0.1, -0.05) is 43.7 Å². The SMILES string of the molecule is CCCCN(C)Cc1c(O)ccc2c(=O)c(-c3ccccc3)c(C)oc12. The second kappa shape index (κ2) is 7.75. The molecule has 2 aromatic carbocycles. The van der Waals surface area contributed by atoms with Crippen molar-refractivity contribution >= 4 is 11.0 Å². The van der Waals surface area contributed by atoms with E-state index in [1.165, 1.54) is 0 Å². The minimum absolute atomic E-state index is 0.0626. The van der Waals surface area contributed by atoms with E-state index >= 15 is 0 Å². The first-order valence-corrected chi connectivity index (χ1v) is 9.05. The molecule has 136 valence electrons. The number of phenolic OH excluding ortho intramolecular Hbond substituents is 1. The molecule has 3 aromatic rings. The van der Waals surface area contributed by atoms with E-state index in [0.717, 1.165) is 24.9 Å². The standard InChI is InChI=1S/C22H25NO3/c1-4-5-13-23(3)14-18-19(24)12-11-17-21(25)20(15(2)26-22(17)18)16-9-7-6-8-10-16/h6-12,24H,4-5,13-14H2,1-3H3. The molecule has 0 fully saturated rings. The van der Waals surface area contributed by atoms with Gasteiger partial charge in [0.15, 0.2) is 0 Å². The molecular weight excluding hydrogens is 326 g/mol. The van der Waals surface area contributed by atoms with Crippen molar-refractivity contribution in [3.63, 3.8) is 0 Å². The van der Waals surface area contributed by atoms with E-state index in [2.05, 4.69) is 11.8 Å². The Morgan fingerprint density at radius 3 is 2.54 bits per heavy atom. The number of benzene rings is 2. The fourth-order valence-corrected chi connectivity index (χ4v) is 3.28. The number of phenols is 1. The second-order valence-corrected chi connectivity index (χ2v) is 6.76. The lowest BCUT2D eigenvalue weighted by atomic mass is 10.0. The molecule has 0 aliphatic carbocycles. The average Bonchev–Trinajstić information content (AvgIpc) is 2.63. The van der Waals surface area contributed by atoms with Crippen LogP contribution >= 0.6 is 0 Å². The molecule has 1 heterocycles. The lowest BCUT2D eigenvalue weighted by molar-refractivity contribution is 0.314. The van der Waals surface area contributed by atoms with Gasteiger partial charge < -0.3 is 14.4 Å². The molecule has 0 bridgehead atoms. The van der Waals surface area contributed by atoms with Crippen LogP contribution in [0.3, 0.4) is 0 Å². The highest BCUT2D eigenvalue weighted by atomic mass is 16.3. The van der Waals surface area contributed by atoms with Gasteiger partial charge in [0.2, 0.25) is 5.43 Å². The van der Waals surface area contributed by atoms with Gasteiger partial charge in [0.1, 0.15) is 17.1 Å². The Bertz CT molecular complexity index is 961. The van der Waals surface area contributed by atoms with Crippen molar-refractivity contribution in [1.29, 1.82) is 0 Å². The predicted octanol–water partition coefficient (Wildman–Crippen LogP) is 4.71. The van der Waals surface area contributed by atoms with E-state index in [0.29, 0.717) is 34.4 Å². The molecule has 3 rings (SSSR count). The molecule has 0 radical (unpaired) electrons. The van der Waals surface area contributed by atoms with E-state index in [1.54, 1.807) is 19.1 Å². The van der Waals surface area contributed by atoms with Crippen LogP contribution in [0, 0.1) is 6.92 Å². The number of hydrogen-bond acceptors (Lipinski definition) is 4. The van der Waals surface area contributed by atoms with Crippen LogP contribution in [0.25, 0.3) is 22.1 Å². The Balaban J connectivity index is 2.14. The fourth-order valence-electron chi connectivity index (χ4n) is 3.28. The van der Waals surface area contributed by atoms with Gasteiger partial charge in [-0.25, -0.2) is 0 Å². The topological polar surface area (TPSA) is 53.7 Å². The van der Waals surface area contributed by atoms with Crippen LogP contribution in [0.5, 0.6) is 5.75 Å². The molecule has 4 heteroatoms. The molecule has 0 aliphatic rings. The van der Waals surface area contributed by atoms with Crippen molar-refractivity contribution in [3.05, 3.63) is 64.0 Å². The van der Waals surface area contributed by atoms with Crippen molar-refractivity contribution in [2.75, 3.05) is 13.6 Å². The Labute approximate surface area is 153 Å². The summed E-state index contributed by atoms with van der Waals surface area (Å²) in [6.07, 6.45) is 2.20. The summed E-state index contributed by atoms with van der Waals surface area (Å²) in [6.45, 7) is 5.42. The van der Waals surface area contributed by atoms with E-state index in [9.17, 15) is 9.90 Å². The summed E-state index contributed by atoms with van der Waals surface area (Å²) in [4.78, 5) is 15.3. The number of fused-ring (bicyclic) bond motifs is 1. The summed E-state index contributed by atoms with van der Waals surface area (Å²) in [5.41, 5.74) is 2.51. The van der Waals surface area contributed by atoms with Crippen molar-refractivity contribution in [2.24, 2.45) is 0 Å². The number of unbranched alkanes of at least 4 members (excludes halogenated alkanes) is 1. The highest BCUT2D eigenvalue weighted by Crippen LogP contribution is 2.30. The third kappa shape index (κ3) is 3.51. The van der Waals surface area contributed by atoms with E-state index < -0.39 is 0 Å². The molecule has 26 heavy (non-hydrogen) atoms. The van der Waals surface area contributed by atoms with Crippen molar-refractivity contribution in [2.45, 2.75) is 33.2 Å². The first-order valence-electron chi connectivity index (χ1n) is 9.05. The lowest BCUT2D eigenvalue weighted by Crippen LogP contribution is -2.19. The van der Waals surface area contributed by atoms with E-state index in [1.807, 2.05) is 37.4 Å². The predicted molar refractivity (Wildman–Crippen MR) is 106 cm³/mol. The Morgan fingerprint density at radius 2 is 1.85 bits per heavy atom. The van der Waals surface area contributed by atoms with Gasteiger partial charge in [-0.05, 0) is 44.6 Å². The van der Waals surface area contributed by atoms with Crippen molar-refractivity contribution in [1.82, 2.24) is 4.90 Å².